The zero-order chi connectivity index (χ0) is 16.2. The van der Waals surface area contributed by atoms with Crippen molar-refractivity contribution in [3.05, 3.63) is 66.0 Å². The highest BCUT2D eigenvalue weighted by atomic mass is 15.1. The molecule has 0 saturated carbocycles. The number of likely N-dealkylation sites (tertiary alicyclic amines) is 1. The largest absolute Gasteiger partial charge is 0.346 e. The normalized spacial score (nSPS) is 16.7. The van der Waals surface area contributed by atoms with Gasteiger partial charge in [-0.1, -0.05) is 30.3 Å². The maximum absolute atomic E-state index is 4.39. The molecule has 3 heterocycles. The lowest BCUT2D eigenvalue weighted by atomic mass is 9.90. The average Bonchev–Trinajstić information content (AvgIpc) is 3.05. The molecule has 124 valence electrons. The monoisotopic (exact) mass is 319 g/mol. The summed E-state index contributed by atoms with van der Waals surface area (Å²) in [4.78, 5) is 10.3. The molecule has 2 aromatic heterocycles. The maximum Gasteiger partial charge on any atom is 0.137 e. The van der Waals surface area contributed by atoms with Gasteiger partial charge >= 0.3 is 0 Å². The van der Waals surface area contributed by atoms with Crippen molar-refractivity contribution >= 4 is 11.0 Å². The molecule has 1 fully saturated rings. The molecule has 3 aromatic rings. The van der Waals surface area contributed by atoms with E-state index in [1.54, 1.807) is 0 Å². The van der Waals surface area contributed by atoms with Crippen molar-refractivity contribution in [1.82, 2.24) is 14.9 Å². The number of aromatic nitrogens is 2. The smallest absolute Gasteiger partial charge is 0.137 e. The molecule has 24 heavy (non-hydrogen) atoms. The molecule has 1 N–H and O–H groups in total. The van der Waals surface area contributed by atoms with Gasteiger partial charge in [0, 0.05) is 24.3 Å². The molecule has 3 heteroatoms. The number of aryl methyl sites for hydroxylation is 1. The van der Waals surface area contributed by atoms with Crippen LogP contribution in [0.25, 0.3) is 11.0 Å². The van der Waals surface area contributed by atoms with E-state index < -0.39 is 0 Å². The van der Waals surface area contributed by atoms with Crippen molar-refractivity contribution in [1.29, 1.82) is 0 Å². The molecule has 0 unspecified atom stereocenters. The van der Waals surface area contributed by atoms with Crippen LogP contribution in [0, 0.1) is 5.92 Å². The zero-order valence-electron chi connectivity index (χ0n) is 14.1. The molecule has 1 saturated heterocycles. The molecule has 0 aliphatic carbocycles. The Morgan fingerprint density at radius 3 is 2.71 bits per heavy atom. The van der Waals surface area contributed by atoms with Crippen molar-refractivity contribution < 1.29 is 0 Å². The summed E-state index contributed by atoms with van der Waals surface area (Å²) in [7, 11) is 0. The number of rotatable bonds is 5. The zero-order valence-corrected chi connectivity index (χ0v) is 14.1. The number of benzene rings is 1. The second-order valence-corrected chi connectivity index (χ2v) is 6.96. The summed E-state index contributed by atoms with van der Waals surface area (Å²) in [6.45, 7) is 3.47. The molecule has 0 bridgehead atoms. The number of pyridine rings is 1. The summed E-state index contributed by atoms with van der Waals surface area (Å²) in [5.74, 6) is 0.881. The van der Waals surface area contributed by atoms with E-state index in [4.69, 9.17) is 0 Å². The highest BCUT2D eigenvalue weighted by Crippen LogP contribution is 2.25. The first-order chi connectivity index (χ1) is 11.9. The van der Waals surface area contributed by atoms with Gasteiger partial charge in [-0.15, -0.1) is 0 Å². The van der Waals surface area contributed by atoms with Crippen LogP contribution in [0.4, 0.5) is 0 Å². The fourth-order valence-corrected chi connectivity index (χ4v) is 3.83. The van der Waals surface area contributed by atoms with Gasteiger partial charge in [0.2, 0.25) is 0 Å². The van der Waals surface area contributed by atoms with Crippen LogP contribution in [0.15, 0.2) is 54.9 Å². The minimum atomic E-state index is 0.881. The summed E-state index contributed by atoms with van der Waals surface area (Å²) in [6, 6.07) is 15.1. The van der Waals surface area contributed by atoms with E-state index in [9.17, 15) is 0 Å². The lowest BCUT2D eigenvalue weighted by Gasteiger charge is -2.31. The summed E-state index contributed by atoms with van der Waals surface area (Å²) in [5, 5.41) is 1.27. The number of piperidine rings is 1. The molecule has 1 aliphatic heterocycles. The molecule has 0 radical (unpaired) electrons. The summed E-state index contributed by atoms with van der Waals surface area (Å²) >= 11 is 0. The Hall–Kier alpha value is -2.13. The van der Waals surface area contributed by atoms with Crippen molar-refractivity contribution in [2.24, 2.45) is 5.92 Å². The minimum absolute atomic E-state index is 0.881. The molecule has 4 rings (SSSR count). The molecule has 3 nitrogen and oxygen atoms in total. The third-order valence-corrected chi connectivity index (χ3v) is 5.32. The quantitative estimate of drug-likeness (QED) is 0.755. The van der Waals surface area contributed by atoms with Gasteiger partial charge in [0.15, 0.2) is 0 Å². The van der Waals surface area contributed by atoms with Gasteiger partial charge in [-0.3, -0.25) is 4.90 Å². The molecule has 0 amide bonds. The minimum Gasteiger partial charge on any atom is -0.346 e. The van der Waals surface area contributed by atoms with Crippen LogP contribution >= 0.6 is 0 Å². The van der Waals surface area contributed by atoms with Crippen LogP contribution in [0.1, 0.15) is 30.4 Å². The van der Waals surface area contributed by atoms with Crippen LogP contribution in [0.5, 0.6) is 0 Å². The summed E-state index contributed by atoms with van der Waals surface area (Å²) in [6.07, 6.45) is 9.18. The van der Waals surface area contributed by atoms with E-state index in [0.29, 0.717) is 0 Å². The first-order valence-electron chi connectivity index (χ1n) is 9.06. The number of hydrogen-bond donors (Lipinski definition) is 1. The fourth-order valence-electron chi connectivity index (χ4n) is 3.83. The number of hydrogen-bond acceptors (Lipinski definition) is 2. The van der Waals surface area contributed by atoms with Crippen molar-refractivity contribution in [3.8, 4) is 0 Å². The van der Waals surface area contributed by atoms with Gasteiger partial charge < -0.3 is 4.98 Å². The number of nitrogens with one attached hydrogen (secondary N) is 1. The van der Waals surface area contributed by atoms with Crippen LogP contribution in [0.3, 0.4) is 0 Å². The first-order valence-corrected chi connectivity index (χ1v) is 9.06. The Kier molecular flexibility index (Phi) is 4.61. The predicted molar refractivity (Wildman–Crippen MR) is 98.9 cm³/mol. The van der Waals surface area contributed by atoms with E-state index in [0.717, 1.165) is 18.1 Å². The van der Waals surface area contributed by atoms with Crippen molar-refractivity contribution in [3.63, 3.8) is 0 Å². The fraction of sp³-hybridized carbons (Fsp3) is 0.381. The Labute approximate surface area is 143 Å². The topological polar surface area (TPSA) is 31.9 Å². The lowest BCUT2D eigenvalue weighted by Crippen LogP contribution is -2.33. The highest BCUT2D eigenvalue weighted by molar-refractivity contribution is 5.79. The number of H-pyrrole nitrogens is 1. The van der Waals surface area contributed by atoms with Crippen LogP contribution in [0.2, 0.25) is 0 Å². The van der Waals surface area contributed by atoms with Crippen molar-refractivity contribution in [2.45, 2.75) is 32.2 Å². The Morgan fingerprint density at radius 2 is 1.88 bits per heavy atom. The number of fused-ring (bicyclic) bond motifs is 1. The van der Waals surface area contributed by atoms with E-state index in [-0.39, 0.29) is 0 Å². The van der Waals surface area contributed by atoms with Gasteiger partial charge in [-0.05, 0) is 68.0 Å². The second kappa shape index (κ2) is 7.18. The molecular formula is C21H25N3. The Bertz CT molecular complexity index is 770. The average molecular weight is 319 g/mol. The summed E-state index contributed by atoms with van der Waals surface area (Å²) in [5.41, 5.74) is 3.86. The van der Waals surface area contributed by atoms with Crippen LogP contribution < -0.4 is 0 Å². The number of aromatic amines is 1. The molecule has 1 aromatic carbocycles. The van der Waals surface area contributed by atoms with E-state index in [1.807, 2.05) is 12.3 Å². The standard InChI is InChI=1S/C21H25N3/c1-2-5-17(6-3-1)8-9-18-10-13-24(14-11-18)16-19-15-23-21-20(19)7-4-12-22-21/h1-7,12,15,18H,8-11,13-14,16H2,(H,22,23). The van der Waals surface area contributed by atoms with Crippen molar-refractivity contribution in [2.75, 3.05) is 13.1 Å². The highest BCUT2D eigenvalue weighted by Gasteiger charge is 2.20. The van der Waals surface area contributed by atoms with E-state index >= 15 is 0 Å². The Morgan fingerprint density at radius 1 is 1.04 bits per heavy atom. The molecule has 0 atom stereocenters. The maximum atomic E-state index is 4.39. The third kappa shape index (κ3) is 3.51. The first kappa shape index (κ1) is 15.4. The molecule has 1 aliphatic rings. The van der Waals surface area contributed by atoms with Gasteiger partial charge in [0.1, 0.15) is 5.65 Å². The second-order valence-electron chi connectivity index (χ2n) is 6.96. The van der Waals surface area contributed by atoms with Crippen LogP contribution in [-0.4, -0.2) is 28.0 Å². The van der Waals surface area contributed by atoms with Gasteiger partial charge in [-0.25, -0.2) is 4.98 Å². The third-order valence-electron chi connectivity index (χ3n) is 5.32. The van der Waals surface area contributed by atoms with E-state index in [1.165, 1.54) is 55.3 Å². The number of nitrogens with zero attached hydrogens (tertiary/aromatic N) is 2. The SMILES string of the molecule is c1ccc(CCC2CCN(Cc3c[nH]c4ncccc34)CC2)cc1. The Balaban J connectivity index is 1.28. The van der Waals surface area contributed by atoms with Gasteiger partial charge in [-0.2, -0.15) is 0 Å². The van der Waals surface area contributed by atoms with Crippen LogP contribution in [-0.2, 0) is 13.0 Å². The summed E-state index contributed by atoms with van der Waals surface area (Å²) < 4.78 is 0. The van der Waals surface area contributed by atoms with Gasteiger partial charge in [0.25, 0.3) is 0 Å². The lowest BCUT2D eigenvalue weighted by molar-refractivity contribution is 0.173. The van der Waals surface area contributed by atoms with E-state index in [2.05, 4.69) is 57.5 Å². The molecular weight excluding hydrogens is 294 g/mol. The molecule has 0 spiro atoms. The van der Waals surface area contributed by atoms with Gasteiger partial charge in [0.05, 0.1) is 0 Å². The predicted octanol–water partition coefficient (Wildman–Crippen LogP) is 4.41.